The largest absolute Gasteiger partial charge is 0.287 e. The number of carbonyl (C=O) groups excluding carboxylic acids is 1. The van der Waals surface area contributed by atoms with Gasteiger partial charge in [0.2, 0.25) is 0 Å². The summed E-state index contributed by atoms with van der Waals surface area (Å²) in [5.74, 6) is -0.915. The number of aromatic nitrogens is 2. The normalized spacial score (nSPS) is 11.5. The maximum Gasteiger partial charge on any atom is 0.287 e. The van der Waals surface area contributed by atoms with E-state index in [1.54, 1.807) is 18.2 Å². The van der Waals surface area contributed by atoms with Crippen LogP contribution in [0.25, 0.3) is 10.8 Å². The van der Waals surface area contributed by atoms with Gasteiger partial charge >= 0.3 is 0 Å². The molecule has 32 heavy (non-hydrogen) atoms. The van der Waals surface area contributed by atoms with E-state index in [2.05, 4.69) is 5.10 Å². The molecule has 0 radical (unpaired) electrons. The molecule has 1 amide bonds. The number of hydrogen-bond donors (Lipinski definition) is 2. The Kier molecular flexibility index (Phi) is 6.57. The van der Waals surface area contributed by atoms with Crippen LogP contribution in [-0.2, 0) is 16.6 Å². The lowest BCUT2D eigenvalue weighted by Crippen LogP contribution is -2.42. The molecule has 0 atom stereocenters. The van der Waals surface area contributed by atoms with E-state index >= 15 is 0 Å². The molecule has 168 valence electrons. The molecule has 0 bridgehead atoms. The molecule has 2 N–H and O–H groups in total. The van der Waals surface area contributed by atoms with Crippen LogP contribution in [0.1, 0.15) is 29.4 Å². The molecule has 0 saturated carbocycles. The van der Waals surface area contributed by atoms with Crippen molar-refractivity contribution in [1.29, 1.82) is 0 Å². The first-order chi connectivity index (χ1) is 15.1. The lowest BCUT2D eigenvalue weighted by atomic mass is 10.1. The Bertz CT molecular complexity index is 1400. The molecular formula is C19H18ClN5O6S. The highest BCUT2D eigenvalue weighted by molar-refractivity contribution is 7.89. The summed E-state index contributed by atoms with van der Waals surface area (Å²) >= 11 is 5.93. The lowest BCUT2D eigenvalue weighted by Gasteiger charge is -2.12. The lowest BCUT2D eigenvalue weighted by molar-refractivity contribution is -0.385. The van der Waals surface area contributed by atoms with Gasteiger partial charge < -0.3 is 0 Å². The van der Waals surface area contributed by atoms with Gasteiger partial charge in [-0.2, -0.15) is 5.10 Å². The van der Waals surface area contributed by atoms with Crippen LogP contribution in [0.2, 0.25) is 5.02 Å². The minimum Gasteiger partial charge on any atom is -0.272 e. The number of hydrazine groups is 1. The Morgan fingerprint density at radius 1 is 1.25 bits per heavy atom. The van der Waals surface area contributed by atoms with Crippen LogP contribution in [0.5, 0.6) is 0 Å². The van der Waals surface area contributed by atoms with E-state index in [1.165, 1.54) is 13.0 Å². The molecule has 2 aromatic carbocycles. The molecule has 13 heteroatoms. The fraction of sp³-hybridized carbons (Fsp3) is 0.211. The van der Waals surface area contributed by atoms with Gasteiger partial charge in [0.05, 0.1) is 20.2 Å². The van der Waals surface area contributed by atoms with Crippen LogP contribution >= 0.6 is 11.6 Å². The summed E-state index contributed by atoms with van der Waals surface area (Å²) in [4.78, 5) is 37.1. The molecule has 3 aromatic rings. The van der Waals surface area contributed by atoms with E-state index in [1.807, 2.05) is 17.2 Å². The van der Waals surface area contributed by atoms with E-state index in [0.29, 0.717) is 6.42 Å². The molecular weight excluding hydrogens is 462 g/mol. The van der Waals surface area contributed by atoms with Crippen molar-refractivity contribution in [3.05, 3.63) is 73.1 Å². The quantitative estimate of drug-likeness (QED) is 0.389. The van der Waals surface area contributed by atoms with Crippen LogP contribution in [-0.4, -0.2) is 29.0 Å². The Hall–Kier alpha value is -3.35. The third-order valence-electron chi connectivity index (χ3n) is 4.61. The van der Waals surface area contributed by atoms with Crippen molar-refractivity contribution >= 4 is 44.0 Å². The van der Waals surface area contributed by atoms with Gasteiger partial charge in [-0.05, 0) is 25.5 Å². The average Bonchev–Trinajstić information content (AvgIpc) is 2.75. The standard InChI is InChI=1S/C19H18ClN5O6S/c1-3-8-24-19(27)14-7-5-4-6-13(14)17(22-24)18(26)21-23-32(30,31)12-9-15(20)11(2)16(10-12)25(28)29/h4-7,9-10,23H,3,8H2,1-2H3,(H,21,26). The van der Waals surface area contributed by atoms with E-state index in [0.717, 1.165) is 16.8 Å². The second-order valence-corrected chi connectivity index (χ2v) is 8.88. The fourth-order valence-electron chi connectivity index (χ4n) is 2.98. The number of nitro groups is 1. The van der Waals surface area contributed by atoms with E-state index in [-0.39, 0.29) is 39.2 Å². The molecule has 0 fully saturated rings. The van der Waals surface area contributed by atoms with Crippen molar-refractivity contribution in [2.45, 2.75) is 31.7 Å². The number of nitrogens with one attached hydrogen (secondary N) is 2. The van der Waals surface area contributed by atoms with E-state index in [9.17, 15) is 28.1 Å². The zero-order valence-corrected chi connectivity index (χ0v) is 18.5. The molecule has 0 aliphatic carbocycles. The number of halogens is 1. The molecule has 0 aliphatic heterocycles. The summed E-state index contributed by atoms with van der Waals surface area (Å²) in [5.41, 5.74) is 1.12. The van der Waals surface area contributed by atoms with Crippen LogP contribution in [0, 0.1) is 17.0 Å². The Morgan fingerprint density at radius 3 is 2.53 bits per heavy atom. The SMILES string of the molecule is CCCn1nc(C(=O)NNS(=O)(=O)c2cc(Cl)c(C)c([N+](=O)[O-])c2)c2ccccc2c1=O. The number of aryl methyl sites for hydroxylation is 1. The van der Waals surface area contributed by atoms with Gasteiger partial charge in [0, 0.05) is 23.6 Å². The van der Waals surface area contributed by atoms with Crippen LogP contribution in [0.4, 0.5) is 5.69 Å². The summed E-state index contributed by atoms with van der Waals surface area (Å²) in [7, 11) is -4.41. The van der Waals surface area contributed by atoms with Crippen molar-refractivity contribution in [1.82, 2.24) is 20.0 Å². The Morgan fingerprint density at radius 2 is 1.91 bits per heavy atom. The predicted octanol–water partition coefficient (Wildman–Crippen LogP) is 2.30. The number of nitro benzene ring substituents is 1. The molecule has 0 saturated heterocycles. The zero-order valence-electron chi connectivity index (χ0n) is 17.0. The van der Waals surface area contributed by atoms with Gasteiger partial charge in [-0.25, -0.2) is 13.1 Å². The highest BCUT2D eigenvalue weighted by atomic mass is 35.5. The number of nitrogens with zero attached hydrogens (tertiary/aromatic N) is 3. The number of sulfonamides is 1. The number of amides is 1. The topological polar surface area (TPSA) is 153 Å². The smallest absolute Gasteiger partial charge is 0.272 e. The van der Waals surface area contributed by atoms with Crippen molar-refractivity contribution in [2.75, 3.05) is 0 Å². The Labute approximate surface area is 187 Å². The van der Waals surface area contributed by atoms with Gasteiger partial charge in [0.25, 0.3) is 27.2 Å². The third-order valence-corrected chi connectivity index (χ3v) is 6.23. The van der Waals surface area contributed by atoms with E-state index < -0.39 is 31.4 Å². The van der Waals surface area contributed by atoms with Crippen molar-refractivity contribution in [3.8, 4) is 0 Å². The molecule has 1 heterocycles. The van der Waals surface area contributed by atoms with Crippen molar-refractivity contribution < 1.29 is 18.1 Å². The first-order valence-electron chi connectivity index (χ1n) is 9.33. The Balaban J connectivity index is 1.95. The number of benzene rings is 2. The average molecular weight is 480 g/mol. The highest BCUT2D eigenvalue weighted by Crippen LogP contribution is 2.29. The number of carbonyl (C=O) groups is 1. The van der Waals surface area contributed by atoms with E-state index in [4.69, 9.17) is 11.6 Å². The van der Waals surface area contributed by atoms with Crippen LogP contribution < -0.4 is 15.8 Å². The van der Waals surface area contributed by atoms with Crippen LogP contribution in [0.3, 0.4) is 0 Å². The van der Waals surface area contributed by atoms with Gasteiger partial charge in [0.15, 0.2) is 5.69 Å². The summed E-state index contributed by atoms with van der Waals surface area (Å²) in [6.07, 6.45) is 0.589. The summed E-state index contributed by atoms with van der Waals surface area (Å²) in [6.45, 7) is 3.48. The molecule has 0 spiro atoms. The zero-order chi connectivity index (χ0) is 23.6. The minimum absolute atomic E-state index is 0.105. The molecule has 0 aliphatic rings. The minimum atomic E-state index is -4.41. The molecule has 3 rings (SSSR count). The second-order valence-electron chi connectivity index (χ2n) is 6.79. The first kappa shape index (κ1) is 23.3. The summed E-state index contributed by atoms with van der Waals surface area (Å²) in [6, 6.07) is 8.19. The first-order valence-corrected chi connectivity index (χ1v) is 11.2. The van der Waals surface area contributed by atoms with Gasteiger partial charge in [-0.15, -0.1) is 4.83 Å². The van der Waals surface area contributed by atoms with Gasteiger partial charge in [-0.1, -0.05) is 36.7 Å². The molecule has 11 nitrogen and oxygen atoms in total. The monoisotopic (exact) mass is 479 g/mol. The number of rotatable bonds is 7. The van der Waals surface area contributed by atoms with Crippen molar-refractivity contribution in [2.24, 2.45) is 0 Å². The second kappa shape index (κ2) is 9.02. The summed E-state index contributed by atoms with van der Waals surface area (Å²) in [5, 5.41) is 15.6. The van der Waals surface area contributed by atoms with Crippen molar-refractivity contribution in [3.63, 3.8) is 0 Å². The molecule has 0 unspecified atom stereocenters. The number of fused-ring (bicyclic) bond motifs is 1. The fourth-order valence-corrected chi connectivity index (χ4v) is 4.15. The maximum absolute atomic E-state index is 12.8. The maximum atomic E-state index is 12.8. The van der Waals surface area contributed by atoms with Crippen LogP contribution in [0.15, 0.2) is 46.1 Å². The number of hydrogen-bond acceptors (Lipinski definition) is 7. The highest BCUT2D eigenvalue weighted by Gasteiger charge is 2.24. The van der Waals surface area contributed by atoms with Gasteiger partial charge in [-0.3, -0.25) is 25.1 Å². The van der Waals surface area contributed by atoms with Gasteiger partial charge in [0.1, 0.15) is 0 Å². The summed E-state index contributed by atoms with van der Waals surface area (Å²) < 4.78 is 26.4. The molecule has 1 aromatic heterocycles. The predicted molar refractivity (Wildman–Crippen MR) is 117 cm³/mol. The third kappa shape index (κ3) is 4.47.